The molecule has 3 aromatic rings. The fraction of sp³-hybridized carbons (Fsp3) is 0.261. The lowest BCUT2D eigenvalue weighted by atomic mass is 10.0. The Bertz CT molecular complexity index is 1170. The van der Waals surface area contributed by atoms with Gasteiger partial charge in [-0.15, -0.1) is 0 Å². The second-order valence-corrected chi connectivity index (χ2v) is 10.7. The van der Waals surface area contributed by atoms with Gasteiger partial charge in [0.2, 0.25) is 10.0 Å². The molecule has 0 spiro atoms. The van der Waals surface area contributed by atoms with E-state index in [1.165, 1.54) is 16.4 Å². The van der Waals surface area contributed by atoms with Crippen LogP contribution in [0.25, 0.3) is 0 Å². The highest BCUT2D eigenvalue weighted by atomic mass is 35.5. The molecule has 0 saturated carbocycles. The number of rotatable bonds is 6. The lowest BCUT2D eigenvalue weighted by Crippen LogP contribution is -2.41. The number of ether oxygens (including phenoxy) is 1. The highest BCUT2D eigenvalue weighted by Crippen LogP contribution is 2.33. The van der Waals surface area contributed by atoms with E-state index in [0.717, 1.165) is 11.3 Å². The van der Waals surface area contributed by atoms with E-state index in [2.05, 4.69) is 4.98 Å². The van der Waals surface area contributed by atoms with Crippen LogP contribution in [0.15, 0.2) is 71.8 Å². The Kier molecular flexibility index (Phi) is 7.40. The molecular formula is C23H21Cl3N2O3S. The quantitative estimate of drug-likeness (QED) is 0.407. The van der Waals surface area contributed by atoms with E-state index in [1.807, 2.05) is 42.5 Å². The van der Waals surface area contributed by atoms with Crippen molar-refractivity contribution in [3.05, 3.63) is 93.2 Å². The average molecular weight is 512 g/mol. The van der Waals surface area contributed by atoms with Crippen molar-refractivity contribution >= 4 is 44.8 Å². The molecule has 9 heteroatoms. The van der Waals surface area contributed by atoms with Crippen molar-refractivity contribution in [2.75, 3.05) is 13.1 Å². The predicted molar refractivity (Wildman–Crippen MR) is 127 cm³/mol. The Morgan fingerprint density at radius 2 is 1.62 bits per heavy atom. The standard InChI is InChI=1S/C23H21Cl3N2O3S/c24-17-6-4-16(5-7-17)23(21-3-1-2-12-27-21)31-19-10-13-28(14-11-19)32(29,30)22-15-18(25)8-9-20(22)26/h1-9,12,15,19,23H,10-11,13-14H2/t23-/m1/s1. The van der Waals surface area contributed by atoms with Gasteiger partial charge in [0.05, 0.1) is 16.8 Å². The van der Waals surface area contributed by atoms with E-state index in [9.17, 15) is 8.42 Å². The second kappa shape index (κ2) is 10.1. The monoisotopic (exact) mass is 510 g/mol. The minimum absolute atomic E-state index is 0.0264. The van der Waals surface area contributed by atoms with E-state index in [1.54, 1.807) is 12.3 Å². The molecule has 1 fully saturated rings. The maximum Gasteiger partial charge on any atom is 0.244 e. The number of benzene rings is 2. The number of sulfonamides is 1. The summed E-state index contributed by atoms with van der Waals surface area (Å²) in [5.74, 6) is 0. The summed E-state index contributed by atoms with van der Waals surface area (Å²) in [6, 6.07) is 17.6. The number of hydrogen-bond acceptors (Lipinski definition) is 4. The maximum atomic E-state index is 13.1. The third-order valence-corrected chi connectivity index (χ3v) is 8.24. The van der Waals surface area contributed by atoms with Crippen LogP contribution in [-0.2, 0) is 14.8 Å². The number of nitrogens with zero attached hydrogens (tertiary/aromatic N) is 2. The minimum atomic E-state index is -3.74. The van der Waals surface area contributed by atoms with Gasteiger partial charge < -0.3 is 4.74 Å². The first-order valence-electron chi connectivity index (χ1n) is 10.1. The van der Waals surface area contributed by atoms with Crippen LogP contribution in [0.5, 0.6) is 0 Å². The lowest BCUT2D eigenvalue weighted by Gasteiger charge is -2.33. The second-order valence-electron chi connectivity index (χ2n) is 7.50. The van der Waals surface area contributed by atoms with Crippen LogP contribution in [0.3, 0.4) is 0 Å². The number of aromatic nitrogens is 1. The molecule has 1 saturated heterocycles. The van der Waals surface area contributed by atoms with Gasteiger partial charge >= 0.3 is 0 Å². The van der Waals surface area contributed by atoms with Gasteiger partial charge in [-0.1, -0.05) is 53.0 Å². The average Bonchev–Trinajstić information content (AvgIpc) is 2.80. The zero-order valence-corrected chi connectivity index (χ0v) is 20.1. The highest BCUT2D eigenvalue weighted by Gasteiger charge is 2.33. The third kappa shape index (κ3) is 5.28. The lowest BCUT2D eigenvalue weighted by molar-refractivity contribution is -0.0187. The van der Waals surface area contributed by atoms with Crippen molar-refractivity contribution in [1.29, 1.82) is 0 Å². The summed E-state index contributed by atoms with van der Waals surface area (Å²) in [6.45, 7) is 0.650. The number of piperidine rings is 1. The van der Waals surface area contributed by atoms with E-state index in [4.69, 9.17) is 39.5 Å². The number of halogens is 3. The summed E-state index contributed by atoms with van der Waals surface area (Å²) in [4.78, 5) is 4.49. The molecule has 1 aliphatic heterocycles. The van der Waals surface area contributed by atoms with Crippen LogP contribution in [0.1, 0.15) is 30.2 Å². The number of hydrogen-bond donors (Lipinski definition) is 0. The summed E-state index contributed by atoms with van der Waals surface area (Å²) in [6.07, 6.45) is 2.33. The molecule has 0 radical (unpaired) electrons. The van der Waals surface area contributed by atoms with Crippen LogP contribution < -0.4 is 0 Å². The normalized spacial score (nSPS) is 16.7. The zero-order chi connectivity index (χ0) is 22.7. The molecule has 0 amide bonds. The van der Waals surface area contributed by atoms with Crippen molar-refractivity contribution in [1.82, 2.24) is 9.29 Å². The largest absolute Gasteiger partial charge is 0.364 e. The van der Waals surface area contributed by atoms with Crippen LogP contribution >= 0.6 is 34.8 Å². The van der Waals surface area contributed by atoms with Crippen molar-refractivity contribution in [2.45, 2.75) is 29.9 Å². The van der Waals surface area contributed by atoms with Crippen molar-refractivity contribution in [3.8, 4) is 0 Å². The molecule has 4 rings (SSSR count). The Hall–Kier alpha value is -1.67. The van der Waals surface area contributed by atoms with Crippen LogP contribution in [0.2, 0.25) is 15.1 Å². The van der Waals surface area contributed by atoms with Gasteiger partial charge in [0.25, 0.3) is 0 Å². The van der Waals surface area contributed by atoms with Gasteiger partial charge in [-0.25, -0.2) is 8.42 Å². The minimum Gasteiger partial charge on any atom is -0.364 e. The van der Waals surface area contributed by atoms with Gasteiger partial charge in [0.15, 0.2) is 0 Å². The molecule has 0 bridgehead atoms. The van der Waals surface area contributed by atoms with Gasteiger partial charge in [-0.05, 0) is 60.9 Å². The Balaban J connectivity index is 1.49. The summed E-state index contributed by atoms with van der Waals surface area (Å²) in [5.41, 5.74) is 1.73. The maximum absolute atomic E-state index is 13.1. The van der Waals surface area contributed by atoms with Crippen LogP contribution in [0.4, 0.5) is 0 Å². The molecule has 2 aromatic carbocycles. The summed E-state index contributed by atoms with van der Waals surface area (Å²) >= 11 is 18.2. The smallest absolute Gasteiger partial charge is 0.244 e. The van der Waals surface area contributed by atoms with Gasteiger partial charge in [0, 0.05) is 29.3 Å². The number of pyridine rings is 1. The topological polar surface area (TPSA) is 59.5 Å². The SMILES string of the molecule is O=S(=O)(c1cc(Cl)ccc1Cl)N1CCC(O[C@H](c2ccc(Cl)cc2)c2ccccn2)CC1. The molecule has 1 atom stereocenters. The molecule has 32 heavy (non-hydrogen) atoms. The van der Waals surface area contributed by atoms with E-state index in [-0.39, 0.29) is 22.1 Å². The highest BCUT2D eigenvalue weighted by molar-refractivity contribution is 7.89. The molecule has 1 aromatic heterocycles. The van der Waals surface area contributed by atoms with E-state index < -0.39 is 10.0 Å². The summed E-state index contributed by atoms with van der Waals surface area (Å²) < 4.78 is 34.0. The van der Waals surface area contributed by atoms with Crippen LogP contribution in [0, 0.1) is 0 Å². The Morgan fingerprint density at radius 1 is 0.938 bits per heavy atom. The van der Waals surface area contributed by atoms with E-state index >= 15 is 0 Å². The third-order valence-electron chi connectivity index (χ3n) is 5.37. The zero-order valence-electron chi connectivity index (χ0n) is 17.0. The van der Waals surface area contributed by atoms with Crippen molar-refractivity contribution in [3.63, 3.8) is 0 Å². The first kappa shape index (κ1) is 23.5. The van der Waals surface area contributed by atoms with Crippen LogP contribution in [-0.4, -0.2) is 36.9 Å². The molecule has 0 unspecified atom stereocenters. The Morgan fingerprint density at radius 3 is 2.28 bits per heavy atom. The fourth-order valence-corrected chi connectivity index (χ4v) is 6.04. The summed E-state index contributed by atoms with van der Waals surface area (Å²) in [7, 11) is -3.74. The summed E-state index contributed by atoms with van der Waals surface area (Å²) in [5, 5.41) is 1.13. The first-order valence-corrected chi connectivity index (χ1v) is 12.7. The molecule has 0 N–H and O–H groups in total. The van der Waals surface area contributed by atoms with Crippen molar-refractivity contribution < 1.29 is 13.2 Å². The molecule has 2 heterocycles. The first-order chi connectivity index (χ1) is 15.3. The fourth-order valence-electron chi connectivity index (χ4n) is 3.70. The predicted octanol–water partition coefficient (Wildman–Crippen LogP) is 6.00. The van der Waals surface area contributed by atoms with Gasteiger partial charge in [-0.2, -0.15) is 4.31 Å². The Labute approximate surface area is 202 Å². The molecule has 0 aliphatic carbocycles. The van der Waals surface area contributed by atoms with Gasteiger partial charge in [-0.3, -0.25) is 4.98 Å². The molecule has 168 valence electrons. The molecule has 1 aliphatic rings. The van der Waals surface area contributed by atoms with E-state index in [0.29, 0.717) is 36.0 Å². The van der Waals surface area contributed by atoms with Gasteiger partial charge in [0.1, 0.15) is 11.0 Å². The molecule has 5 nitrogen and oxygen atoms in total. The molecular weight excluding hydrogens is 491 g/mol. The van der Waals surface area contributed by atoms with Crippen molar-refractivity contribution in [2.24, 2.45) is 0 Å².